The first-order chi connectivity index (χ1) is 16.9. The second kappa shape index (κ2) is 11.2. The molecule has 0 spiro atoms. The van der Waals surface area contributed by atoms with Gasteiger partial charge in [-0.05, 0) is 46.9 Å². The highest BCUT2D eigenvalue weighted by molar-refractivity contribution is 14.1. The van der Waals surface area contributed by atoms with E-state index >= 15 is 0 Å². The van der Waals surface area contributed by atoms with Gasteiger partial charge >= 0.3 is 0 Å². The average molecular weight is 615 g/mol. The minimum Gasteiger partial charge on any atom is -0.483 e. The maximum absolute atomic E-state index is 12.2. The second-order valence-corrected chi connectivity index (χ2v) is 9.87. The molecule has 2 heterocycles. The Bertz CT molecular complexity index is 1440. The third-order valence-electron chi connectivity index (χ3n) is 4.54. The van der Waals surface area contributed by atoms with Crippen LogP contribution in [0.4, 0.5) is 10.8 Å². The molecule has 35 heavy (non-hydrogen) atoms. The van der Waals surface area contributed by atoms with Crippen LogP contribution in [0, 0.1) is 25.0 Å². The molecule has 0 aliphatic heterocycles. The van der Waals surface area contributed by atoms with Crippen LogP contribution in [0.15, 0.2) is 59.4 Å². The van der Waals surface area contributed by atoms with Crippen molar-refractivity contribution in [3.05, 3.63) is 83.7 Å². The number of hydrogen-bond acceptors (Lipinski definition) is 9. The standard InChI is InChI=1S/C23H14IN5O4S2/c24-17-3-1-14(2-4-17)19-13-35-22(27-19)16(11-25)9-15-10-18(29(31)32)5-6-20(15)33-12-21(30)28-23-26-7-8-34-23/h1-10,13H,12H2,(H,26,28,30)/b16-9+. The summed E-state index contributed by atoms with van der Waals surface area (Å²) >= 11 is 4.77. The molecule has 0 bridgehead atoms. The van der Waals surface area contributed by atoms with Crippen LogP contribution >= 0.6 is 45.3 Å². The van der Waals surface area contributed by atoms with Crippen LogP contribution in [0.2, 0.25) is 0 Å². The number of nitro benzene ring substituents is 1. The lowest BCUT2D eigenvalue weighted by Gasteiger charge is -2.09. The van der Waals surface area contributed by atoms with E-state index < -0.39 is 10.8 Å². The predicted molar refractivity (Wildman–Crippen MR) is 143 cm³/mol. The highest BCUT2D eigenvalue weighted by Crippen LogP contribution is 2.31. The number of halogens is 1. The number of rotatable bonds is 8. The smallest absolute Gasteiger partial charge is 0.270 e. The topological polar surface area (TPSA) is 131 Å². The summed E-state index contributed by atoms with van der Waals surface area (Å²) in [6.07, 6.45) is 3.03. The Morgan fingerprint density at radius 1 is 1.26 bits per heavy atom. The molecular weight excluding hydrogens is 601 g/mol. The summed E-state index contributed by atoms with van der Waals surface area (Å²) in [5.74, 6) is -0.220. The van der Waals surface area contributed by atoms with Gasteiger partial charge in [-0.25, -0.2) is 9.97 Å². The van der Waals surface area contributed by atoms with Gasteiger partial charge in [0.15, 0.2) is 11.7 Å². The van der Waals surface area contributed by atoms with Crippen molar-refractivity contribution in [2.24, 2.45) is 0 Å². The molecule has 174 valence electrons. The van der Waals surface area contributed by atoms with Crippen LogP contribution in [-0.4, -0.2) is 27.4 Å². The van der Waals surface area contributed by atoms with Gasteiger partial charge in [0.25, 0.3) is 11.6 Å². The van der Waals surface area contributed by atoms with Gasteiger partial charge in [-0.15, -0.1) is 22.7 Å². The van der Waals surface area contributed by atoms with Crippen LogP contribution in [0.5, 0.6) is 5.75 Å². The summed E-state index contributed by atoms with van der Waals surface area (Å²) in [4.78, 5) is 31.5. The molecule has 0 unspecified atom stereocenters. The minimum absolute atomic E-state index is 0.174. The maximum Gasteiger partial charge on any atom is 0.270 e. The van der Waals surface area contributed by atoms with E-state index in [1.807, 2.05) is 29.6 Å². The van der Waals surface area contributed by atoms with Crippen molar-refractivity contribution in [1.82, 2.24) is 9.97 Å². The number of anilines is 1. The molecule has 0 aliphatic carbocycles. The zero-order valence-electron chi connectivity index (χ0n) is 17.7. The van der Waals surface area contributed by atoms with Crippen molar-refractivity contribution < 1.29 is 14.5 Å². The molecule has 1 amide bonds. The Labute approximate surface area is 221 Å². The largest absolute Gasteiger partial charge is 0.483 e. The molecule has 0 atom stereocenters. The summed E-state index contributed by atoms with van der Waals surface area (Å²) < 4.78 is 6.72. The van der Waals surface area contributed by atoms with Crippen LogP contribution in [-0.2, 0) is 4.79 Å². The number of nitrogens with one attached hydrogen (secondary N) is 1. The third kappa shape index (κ3) is 6.27. The average Bonchev–Trinajstić information content (AvgIpc) is 3.54. The molecule has 1 N–H and O–H groups in total. The first kappa shape index (κ1) is 24.5. The Kier molecular flexibility index (Phi) is 7.80. The Morgan fingerprint density at radius 3 is 2.74 bits per heavy atom. The highest BCUT2D eigenvalue weighted by Gasteiger charge is 2.15. The van der Waals surface area contributed by atoms with Crippen LogP contribution in [0.1, 0.15) is 10.6 Å². The molecule has 4 aromatic rings. The number of aromatic nitrogens is 2. The second-order valence-electron chi connectivity index (χ2n) is 6.87. The number of thiazole rings is 2. The lowest BCUT2D eigenvalue weighted by atomic mass is 10.1. The molecule has 4 rings (SSSR count). The monoisotopic (exact) mass is 615 g/mol. The van der Waals surface area contributed by atoms with Gasteiger partial charge in [0.1, 0.15) is 16.8 Å². The van der Waals surface area contributed by atoms with Gasteiger partial charge in [0.05, 0.1) is 16.2 Å². The summed E-state index contributed by atoms with van der Waals surface area (Å²) in [5.41, 5.74) is 1.95. The molecule has 9 nitrogen and oxygen atoms in total. The SMILES string of the molecule is N#C/C(=C\c1cc([N+](=O)[O-])ccc1OCC(=O)Nc1nccs1)c1nc(-c2ccc(I)cc2)cs1. The molecule has 0 fully saturated rings. The first-order valence-electron chi connectivity index (χ1n) is 9.87. The van der Waals surface area contributed by atoms with Gasteiger partial charge in [-0.2, -0.15) is 5.26 Å². The molecule has 2 aromatic heterocycles. The number of nitrogens with zero attached hydrogens (tertiary/aromatic N) is 4. The van der Waals surface area contributed by atoms with E-state index in [1.165, 1.54) is 46.9 Å². The van der Waals surface area contributed by atoms with E-state index in [0.717, 1.165) is 14.8 Å². The Morgan fingerprint density at radius 2 is 2.06 bits per heavy atom. The molecule has 0 aliphatic rings. The number of hydrogen-bond donors (Lipinski definition) is 1. The number of benzene rings is 2. The number of amides is 1. The van der Waals surface area contributed by atoms with Crippen LogP contribution < -0.4 is 10.1 Å². The fraction of sp³-hybridized carbons (Fsp3) is 0.0435. The minimum atomic E-state index is -0.541. The van der Waals surface area contributed by atoms with Crippen molar-refractivity contribution in [2.75, 3.05) is 11.9 Å². The number of carbonyl (C=O) groups is 1. The summed E-state index contributed by atoms with van der Waals surface area (Å²) in [6, 6.07) is 13.9. The van der Waals surface area contributed by atoms with Gasteiger partial charge in [0, 0.05) is 43.8 Å². The number of carbonyl (C=O) groups excluding carboxylic acids is 1. The summed E-state index contributed by atoms with van der Waals surface area (Å²) in [5, 5.41) is 28.2. The zero-order valence-corrected chi connectivity index (χ0v) is 21.5. The normalized spacial score (nSPS) is 11.0. The molecule has 2 aromatic carbocycles. The van der Waals surface area contributed by atoms with Crippen molar-refractivity contribution >= 4 is 73.6 Å². The van der Waals surface area contributed by atoms with Gasteiger partial charge < -0.3 is 4.74 Å². The van der Waals surface area contributed by atoms with Crippen molar-refractivity contribution in [3.63, 3.8) is 0 Å². The Balaban J connectivity index is 1.61. The van der Waals surface area contributed by atoms with Gasteiger partial charge in [-0.3, -0.25) is 20.2 Å². The van der Waals surface area contributed by atoms with Gasteiger partial charge in [0.2, 0.25) is 0 Å². The van der Waals surface area contributed by atoms with E-state index in [1.54, 1.807) is 11.6 Å². The van der Waals surface area contributed by atoms with Crippen LogP contribution in [0.3, 0.4) is 0 Å². The van der Waals surface area contributed by atoms with E-state index in [4.69, 9.17) is 4.74 Å². The van der Waals surface area contributed by atoms with Crippen LogP contribution in [0.25, 0.3) is 22.9 Å². The van der Waals surface area contributed by atoms with Crippen molar-refractivity contribution in [2.45, 2.75) is 0 Å². The number of ether oxygens (including phenoxy) is 1. The van der Waals surface area contributed by atoms with E-state index in [2.05, 4.69) is 43.9 Å². The quantitative estimate of drug-likeness (QED) is 0.114. The fourth-order valence-corrected chi connectivity index (χ4v) is 4.62. The highest BCUT2D eigenvalue weighted by atomic mass is 127. The molecule has 0 saturated carbocycles. The molecular formula is C23H14IN5O4S2. The molecule has 0 radical (unpaired) electrons. The number of nitriles is 1. The predicted octanol–water partition coefficient (Wildman–Crippen LogP) is 5.86. The first-order valence-corrected chi connectivity index (χ1v) is 12.7. The number of allylic oxidation sites excluding steroid dienone is 1. The summed E-state index contributed by atoms with van der Waals surface area (Å²) in [6.45, 7) is -0.339. The Hall–Kier alpha value is -3.67. The van der Waals surface area contributed by atoms with Crippen molar-refractivity contribution in [3.8, 4) is 23.1 Å². The molecule has 12 heteroatoms. The lowest BCUT2D eigenvalue weighted by Crippen LogP contribution is -2.20. The van der Waals surface area contributed by atoms with E-state index in [9.17, 15) is 20.2 Å². The number of non-ortho nitro benzene ring substituents is 1. The maximum atomic E-state index is 12.2. The third-order valence-corrected chi connectivity index (χ3v) is 6.82. The van der Waals surface area contributed by atoms with E-state index in [-0.39, 0.29) is 29.2 Å². The number of nitro groups is 1. The fourth-order valence-electron chi connectivity index (χ4n) is 2.93. The lowest BCUT2D eigenvalue weighted by molar-refractivity contribution is -0.384. The van der Waals surface area contributed by atoms with Gasteiger partial charge in [-0.1, -0.05) is 12.1 Å². The zero-order chi connectivity index (χ0) is 24.8. The van der Waals surface area contributed by atoms with E-state index in [0.29, 0.717) is 10.1 Å². The summed E-state index contributed by atoms with van der Waals surface area (Å²) in [7, 11) is 0. The molecule has 0 saturated heterocycles. The van der Waals surface area contributed by atoms with Crippen molar-refractivity contribution in [1.29, 1.82) is 5.26 Å².